The van der Waals surface area contributed by atoms with Gasteiger partial charge in [0, 0.05) is 74.4 Å². The van der Waals surface area contributed by atoms with Crippen molar-refractivity contribution < 1.29 is 24.0 Å². The fourth-order valence-electron chi connectivity index (χ4n) is 8.75. The van der Waals surface area contributed by atoms with Crippen molar-refractivity contribution in [3.8, 4) is 0 Å². The number of ketones is 1. The molecule has 0 bridgehead atoms. The smallest absolute Gasteiger partial charge is 0.263 e. The predicted molar refractivity (Wildman–Crippen MR) is 203 cm³/mol. The molecule has 8 rings (SSSR count). The molecule has 3 aliphatic heterocycles. The molecule has 14 nitrogen and oxygen atoms in total. The Hall–Kier alpha value is -5.79. The highest BCUT2D eigenvalue weighted by Gasteiger charge is 2.40. The number of aromatic nitrogens is 4. The molecule has 4 aromatic rings. The molecule has 1 N–H and O–H groups in total. The van der Waals surface area contributed by atoms with Crippen molar-refractivity contribution in [1.82, 2.24) is 34.6 Å². The predicted octanol–water partition coefficient (Wildman–Crippen LogP) is 3.45. The van der Waals surface area contributed by atoms with Gasteiger partial charge in [0.05, 0.1) is 23.9 Å². The first-order valence-corrected chi connectivity index (χ1v) is 19.2. The molecule has 1 aromatic carbocycles. The highest BCUT2D eigenvalue weighted by atomic mass is 16.2. The Morgan fingerprint density at radius 1 is 0.927 bits per heavy atom. The summed E-state index contributed by atoms with van der Waals surface area (Å²) in [7, 11) is 0. The molecule has 1 saturated carbocycles. The first kappa shape index (κ1) is 36.2. The number of fused-ring (bicyclic) bond motifs is 2. The summed E-state index contributed by atoms with van der Waals surface area (Å²) in [6.45, 7) is 5.97. The summed E-state index contributed by atoms with van der Waals surface area (Å²) in [5, 5.41) is 3.06. The fraction of sp³-hybridized carbons (Fsp3) is 0.439. The van der Waals surface area contributed by atoms with Crippen LogP contribution in [0.15, 0.2) is 47.5 Å². The van der Waals surface area contributed by atoms with E-state index in [1.54, 1.807) is 22.6 Å². The lowest BCUT2D eigenvalue weighted by atomic mass is 9.99. The summed E-state index contributed by atoms with van der Waals surface area (Å²) >= 11 is 0. The highest BCUT2D eigenvalue weighted by molar-refractivity contribution is 6.06. The molecule has 1 aliphatic carbocycles. The fourth-order valence-corrected chi connectivity index (χ4v) is 8.75. The van der Waals surface area contributed by atoms with E-state index in [4.69, 9.17) is 9.97 Å². The zero-order chi connectivity index (χ0) is 38.4. The maximum absolute atomic E-state index is 13.6. The van der Waals surface area contributed by atoms with Crippen molar-refractivity contribution in [2.75, 3.05) is 31.1 Å². The van der Waals surface area contributed by atoms with Crippen molar-refractivity contribution in [2.24, 2.45) is 0 Å². The first-order valence-electron chi connectivity index (χ1n) is 19.2. The topological polar surface area (TPSA) is 168 Å². The third kappa shape index (κ3) is 6.89. The Balaban J connectivity index is 0.878. The molecule has 6 heterocycles. The van der Waals surface area contributed by atoms with Crippen LogP contribution < -0.4 is 15.8 Å². The van der Waals surface area contributed by atoms with Gasteiger partial charge in [-0.15, -0.1) is 0 Å². The maximum atomic E-state index is 13.6. The minimum absolute atomic E-state index is 0.0137. The molecular weight excluding hydrogens is 701 g/mol. The van der Waals surface area contributed by atoms with Crippen LogP contribution in [0.25, 0.3) is 11.0 Å². The van der Waals surface area contributed by atoms with E-state index in [1.807, 2.05) is 41.4 Å². The Morgan fingerprint density at radius 2 is 1.71 bits per heavy atom. The van der Waals surface area contributed by atoms with Gasteiger partial charge in [0.25, 0.3) is 11.5 Å². The number of carbonyl (C=O) groups excluding carboxylic acids is 5. The van der Waals surface area contributed by atoms with Gasteiger partial charge < -0.3 is 14.7 Å². The van der Waals surface area contributed by atoms with Gasteiger partial charge in [-0.1, -0.05) is 31.0 Å². The van der Waals surface area contributed by atoms with Gasteiger partial charge in [-0.05, 0) is 68.4 Å². The molecule has 55 heavy (non-hydrogen) atoms. The minimum Gasteiger partial charge on any atom is -0.367 e. The van der Waals surface area contributed by atoms with Crippen molar-refractivity contribution in [3.05, 3.63) is 92.4 Å². The average Bonchev–Trinajstić information content (AvgIpc) is 3.82. The highest BCUT2D eigenvalue weighted by Crippen LogP contribution is 2.33. The summed E-state index contributed by atoms with van der Waals surface area (Å²) in [4.78, 5) is 96.7. The second-order valence-corrected chi connectivity index (χ2v) is 15.1. The molecule has 1 unspecified atom stereocenters. The summed E-state index contributed by atoms with van der Waals surface area (Å²) in [6.07, 6.45) is 8.97. The van der Waals surface area contributed by atoms with Crippen LogP contribution in [0, 0.1) is 6.92 Å². The number of hydrogen-bond acceptors (Lipinski definition) is 10. The molecule has 284 valence electrons. The van der Waals surface area contributed by atoms with Crippen molar-refractivity contribution in [2.45, 2.75) is 90.3 Å². The zero-order valence-corrected chi connectivity index (χ0v) is 31.2. The van der Waals surface area contributed by atoms with Gasteiger partial charge in [0.2, 0.25) is 17.7 Å². The van der Waals surface area contributed by atoms with Gasteiger partial charge in [-0.2, -0.15) is 0 Å². The lowest BCUT2D eigenvalue weighted by Crippen LogP contribution is -2.52. The summed E-state index contributed by atoms with van der Waals surface area (Å²) in [5.41, 5.74) is 5.08. The van der Waals surface area contributed by atoms with E-state index in [2.05, 4.69) is 15.2 Å². The third-order valence-corrected chi connectivity index (χ3v) is 11.7. The number of pyridine rings is 2. The summed E-state index contributed by atoms with van der Waals surface area (Å²) < 4.78 is 1.73. The number of nitrogens with zero attached hydrogens (tertiary/aromatic N) is 7. The van der Waals surface area contributed by atoms with E-state index in [1.165, 1.54) is 6.92 Å². The second kappa shape index (κ2) is 14.8. The van der Waals surface area contributed by atoms with Gasteiger partial charge in [0.15, 0.2) is 5.78 Å². The van der Waals surface area contributed by atoms with Crippen molar-refractivity contribution in [1.29, 1.82) is 0 Å². The van der Waals surface area contributed by atoms with E-state index < -0.39 is 11.9 Å². The van der Waals surface area contributed by atoms with Gasteiger partial charge in [-0.3, -0.25) is 43.6 Å². The number of nitrogens with one attached hydrogen (secondary N) is 1. The number of aryl methyl sites for hydroxylation is 2. The standard InChI is InChI=1S/C41H44N8O6/c1-24-31-22-43-33(44-38(31)49(29-8-3-4-9-29)41(55)36(24)25(2)50)20-28-11-12-30(21-42-28)46-16-18-47(19-17-46)35(52)15-10-26-6-5-7-27-23-48(40(54)37(26)27)32-13-14-34(51)45-39(32)53/h5-7,11-12,21-22,29,32H,3-4,8-10,13-20,23H2,1-2H3,(H,45,51,53). The lowest BCUT2D eigenvalue weighted by Gasteiger charge is -2.36. The number of hydrogen-bond donors (Lipinski definition) is 1. The molecule has 0 radical (unpaired) electrons. The number of imide groups is 1. The number of piperazine rings is 1. The average molecular weight is 745 g/mol. The van der Waals surface area contributed by atoms with Crippen LogP contribution in [0.2, 0.25) is 0 Å². The zero-order valence-electron chi connectivity index (χ0n) is 31.2. The van der Waals surface area contributed by atoms with Crippen molar-refractivity contribution in [3.63, 3.8) is 0 Å². The molecule has 2 saturated heterocycles. The van der Waals surface area contributed by atoms with Crippen LogP contribution in [-0.4, -0.2) is 91.0 Å². The Bertz CT molecular complexity index is 2290. The largest absolute Gasteiger partial charge is 0.367 e. The van der Waals surface area contributed by atoms with Gasteiger partial charge in [-0.25, -0.2) is 9.97 Å². The Labute approximate surface area is 317 Å². The summed E-state index contributed by atoms with van der Waals surface area (Å²) in [5.74, 6) is -0.651. The van der Waals surface area contributed by atoms with Crippen LogP contribution in [0.3, 0.4) is 0 Å². The van der Waals surface area contributed by atoms with E-state index in [0.717, 1.165) is 53.6 Å². The Kier molecular flexibility index (Phi) is 9.74. The number of piperidine rings is 1. The number of rotatable bonds is 9. The lowest BCUT2D eigenvalue weighted by molar-refractivity contribution is -0.137. The molecule has 3 aromatic heterocycles. The summed E-state index contributed by atoms with van der Waals surface area (Å²) in [6, 6.07) is 8.95. The third-order valence-electron chi connectivity index (χ3n) is 11.7. The molecule has 0 spiro atoms. The minimum atomic E-state index is -0.676. The van der Waals surface area contributed by atoms with E-state index in [-0.39, 0.29) is 53.5 Å². The van der Waals surface area contributed by atoms with E-state index in [9.17, 15) is 28.8 Å². The molecule has 4 aliphatic rings. The Morgan fingerprint density at radius 3 is 2.42 bits per heavy atom. The maximum Gasteiger partial charge on any atom is 0.263 e. The number of anilines is 1. The molecule has 4 amide bonds. The normalized spacial score (nSPS) is 19.0. The molecule has 3 fully saturated rings. The number of carbonyl (C=O) groups is 5. The van der Waals surface area contributed by atoms with Gasteiger partial charge in [0.1, 0.15) is 17.5 Å². The molecule has 14 heteroatoms. The number of Topliss-reactive ketones (excluding diaryl/α,β-unsaturated/α-hetero) is 1. The quantitative estimate of drug-likeness (QED) is 0.198. The first-order chi connectivity index (χ1) is 26.6. The van der Waals surface area contributed by atoms with Gasteiger partial charge >= 0.3 is 0 Å². The monoisotopic (exact) mass is 744 g/mol. The van der Waals surface area contributed by atoms with E-state index in [0.29, 0.717) is 74.6 Å². The molecular formula is C41H44N8O6. The van der Waals surface area contributed by atoms with E-state index >= 15 is 0 Å². The van der Waals surface area contributed by atoms with Crippen LogP contribution in [0.5, 0.6) is 0 Å². The SMILES string of the molecule is CC(=O)c1c(C)c2cnc(Cc3ccc(N4CCN(C(=O)CCc5cccc6c5C(=O)N(C5CCC(=O)NC5=O)C6)CC4)cn3)nc2n(C2CCCC2)c1=O. The van der Waals surface area contributed by atoms with Crippen LogP contribution in [0.1, 0.15) is 107 Å². The van der Waals surface area contributed by atoms with Crippen LogP contribution in [-0.2, 0) is 33.8 Å². The van der Waals surface area contributed by atoms with Crippen LogP contribution >= 0.6 is 0 Å². The van der Waals surface area contributed by atoms with Crippen LogP contribution in [0.4, 0.5) is 5.69 Å². The molecule has 1 atom stereocenters. The number of benzene rings is 1. The number of amides is 4. The van der Waals surface area contributed by atoms with Crippen molar-refractivity contribution >= 4 is 46.1 Å². The second-order valence-electron chi connectivity index (χ2n) is 15.1.